The summed E-state index contributed by atoms with van der Waals surface area (Å²) >= 11 is 0. The zero-order valence-corrected chi connectivity index (χ0v) is 12.7. The first-order valence-corrected chi connectivity index (χ1v) is 6.75. The van der Waals surface area contributed by atoms with Gasteiger partial charge in [-0.25, -0.2) is 0 Å². The second-order valence-electron chi connectivity index (χ2n) is 5.81. The van der Waals surface area contributed by atoms with Crippen LogP contribution >= 0.6 is 0 Å². The van der Waals surface area contributed by atoms with Gasteiger partial charge in [0.1, 0.15) is 5.75 Å². The van der Waals surface area contributed by atoms with E-state index in [1.165, 1.54) is 0 Å². The lowest BCUT2D eigenvalue weighted by Gasteiger charge is -2.23. The highest BCUT2D eigenvalue weighted by molar-refractivity contribution is 5.77. The SMILES string of the molecule is COc1ccc(NC(CN)CC(=O)NC(C)(C)C)cc1. The van der Waals surface area contributed by atoms with Crippen LogP contribution in [-0.2, 0) is 4.79 Å². The van der Waals surface area contributed by atoms with Gasteiger partial charge in [-0.2, -0.15) is 0 Å². The molecule has 0 fully saturated rings. The highest BCUT2D eigenvalue weighted by Gasteiger charge is 2.17. The van der Waals surface area contributed by atoms with Crippen molar-refractivity contribution in [1.82, 2.24) is 5.32 Å². The molecule has 0 aliphatic heterocycles. The first kappa shape index (κ1) is 16.3. The van der Waals surface area contributed by atoms with Crippen molar-refractivity contribution in [1.29, 1.82) is 0 Å². The lowest BCUT2D eigenvalue weighted by molar-refractivity contribution is -0.122. The normalized spacial score (nSPS) is 12.7. The zero-order chi connectivity index (χ0) is 15.2. The monoisotopic (exact) mass is 279 g/mol. The quantitative estimate of drug-likeness (QED) is 0.741. The highest BCUT2D eigenvalue weighted by Crippen LogP contribution is 2.16. The van der Waals surface area contributed by atoms with Crippen LogP contribution in [0.2, 0.25) is 0 Å². The third kappa shape index (κ3) is 5.93. The minimum absolute atomic E-state index is 0.00559. The summed E-state index contributed by atoms with van der Waals surface area (Å²) in [5.74, 6) is 0.791. The maximum atomic E-state index is 11.9. The predicted octanol–water partition coefficient (Wildman–Crippen LogP) is 1.74. The molecule has 0 bridgehead atoms. The smallest absolute Gasteiger partial charge is 0.222 e. The van der Waals surface area contributed by atoms with E-state index in [1.807, 2.05) is 45.0 Å². The van der Waals surface area contributed by atoms with E-state index in [9.17, 15) is 4.79 Å². The molecule has 0 saturated heterocycles. The average molecular weight is 279 g/mol. The maximum absolute atomic E-state index is 11.9. The fourth-order valence-corrected chi connectivity index (χ4v) is 1.81. The van der Waals surface area contributed by atoms with Crippen molar-refractivity contribution < 1.29 is 9.53 Å². The maximum Gasteiger partial charge on any atom is 0.222 e. The van der Waals surface area contributed by atoms with E-state index in [-0.39, 0.29) is 17.5 Å². The van der Waals surface area contributed by atoms with Crippen LogP contribution in [0.25, 0.3) is 0 Å². The molecule has 20 heavy (non-hydrogen) atoms. The molecular formula is C15H25N3O2. The number of carbonyl (C=O) groups excluding carboxylic acids is 1. The Morgan fingerprint density at radius 2 is 1.90 bits per heavy atom. The van der Waals surface area contributed by atoms with Crippen molar-refractivity contribution >= 4 is 11.6 Å². The molecule has 0 aliphatic carbocycles. The molecule has 1 atom stereocenters. The number of anilines is 1. The number of rotatable bonds is 6. The van der Waals surface area contributed by atoms with Gasteiger partial charge in [0.2, 0.25) is 5.91 Å². The lowest BCUT2D eigenvalue weighted by atomic mass is 10.1. The zero-order valence-electron chi connectivity index (χ0n) is 12.7. The molecule has 0 aliphatic rings. The molecule has 1 amide bonds. The van der Waals surface area contributed by atoms with Gasteiger partial charge in [0.15, 0.2) is 0 Å². The average Bonchev–Trinajstić information content (AvgIpc) is 2.36. The Morgan fingerprint density at radius 1 is 1.30 bits per heavy atom. The number of methoxy groups -OCH3 is 1. The number of nitrogens with one attached hydrogen (secondary N) is 2. The van der Waals surface area contributed by atoms with Gasteiger partial charge in [0.25, 0.3) is 0 Å². The van der Waals surface area contributed by atoms with Crippen molar-refractivity contribution in [3.05, 3.63) is 24.3 Å². The summed E-state index contributed by atoms with van der Waals surface area (Å²) in [6.45, 7) is 6.27. The molecule has 1 aromatic rings. The fraction of sp³-hybridized carbons (Fsp3) is 0.533. The number of amides is 1. The van der Waals surface area contributed by atoms with Crippen LogP contribution in [0.3, 0.4) is 0 Å². The predicted molar refractivity (Wildman–Crippen MR) is 82.0 cm³/mol. The van der Waals surface area contributed by atoms with Gasteiger partial charge in [-0.1, -0.05) is 0 Å². The molecule has 0 spiro atoms. The first-order chi connectivity index (χ1) is 9.34. The van der Waals surface area contributed by atoms with Gasteiger partial charge in [-0.05, 0) is 45.0 Å². The van der Waals surface area contributed by atoms with Crippen molar-refractivity contribution in [3.8, 4) is 5.75 Å². The number of carbonyl (C=O) groups is 1. The van der Waals surface area contributed by atoms with Crippen molar-refractivity contribution in [3.63, 3.8) is 0 Å². The van der Waals surface area contributed by atoms with E-state index in [1.54, 1.807) is 7.11 Å². The van der Waals surface area contributed by atoms with Crippen LogP contribution in [-0.4, -0.2) is 31.1 Å². The van der Waals surface area contributed by atoms with E-state index in [0.29, 0.717) is 13.0 Å². The standard InChI is InChI=1S/C15H25N3O2/c1-15(2,3)18-14(19)9-12(10-16)17-11-5-7-13(20-4)8-6-11/h5-8,12,17H,9-10,16H2,1-4H3,(H,18,19). The van der Waals surface area contributed by atoms with E-state index >= 15 is 0 Å². The second-order valence-corrected chi connectivity index (χ2v) is 5.81. The van der Waals surface area contributed by atoms with E-state index in [2.05, 4.69) is 10.6 Å². The number of hydrogen-bond acceptors (Lipinski definition) is 4. The van der Waals surface area contributed by atoms with E-state index in [0.717, 1.165) is 11.4 Å². The molecule has 5 heteroatoms. The molecular weight excluding hydrogens is 254 g/mol. The number of nitrogens with two attached hydrogens (primary N) is 1. The number of benzene rings is 1. The number of ether oxygens (including phenoxy) is 1. The van der Waals surface area contributed by atoms with Crippen LogP contribution in [0.5, 0.6) is 5.75 Å². The van der Waals surface area contributed by atoms with Crippen LogP contribution in [0.4, 0.5) is 5.69 Å². The molecule has 0 saturated carbocycles. The molecule has 1 unspecified atom stereocenters. The van der Waals surface area contributed by atoms with Gasteiger partial charge in [0, 0.05) is 30.2 Å². The fourth-order valence-electron chi connectivity index (χ4n) is 1.81. The molecule has 0 heterocycles. The lowest BCUT2D eigenvalue weighted by Crippen LogP contribution is -2.44. The van der Waals surface area contributed by atoms with Crippen LogP contribution in [0.1, 0.15) is 27.2 Å². The Bertz CT molecular complexity index is 424. The molecule has 4 N–H and O–H groups in total. The van der Waals surface area contributed by atoms with Gasteiger partial charge in [-0.15, -0.1) is 0 Å². The third-order valence-electron chi connectivity index (χ3n) is 2.69. The van der Waals surface area contributed by atoms with Crippen molar-refractivity contribution in [2.24, 2.45) is 5.73 Å². The van der Waals surface area contributed by atoms with Crippen molar-refractivity contribution in [2.45, 2.75) is 38.8 Å². The largest absolute Gasteiger partial charge is 0.497 e. The topological polar surface area (TPSA) is 76.4 Å². The molecule has 112 valence electrons. The molecule has 1 rings (SSSR count). The first-order valence-electron chi connectivity index (χ1n) is 6.75. The van der Waals surface area contributed by atoms with Crippen molar-refractivity contribution in [2.75, 3.05) is 19.0 Å². The summed E-state index contributed by atoms with van der Waals surface area (Å²) in [5, 5.41) is 6.19. The molecule has 1 aromatic carbocycles. The second kappa shape index (κ2) is 7.14. The summed E-state index contributed by atoms with van der Waals surface area (Å²) in [4.78, 5) is 11.9. The Hall–Kier alpha value is -1.75. The van der Waals surface area contributed by atoms with Crippen LogP contribution < -0.4 is 21.1 Å². The summed E-state index contributed by atoms with van der Waals surface area (Å²) in [5.41, 5.74) is 6.42. The Kier molecular flexibility index (Phi) is 5.82. The summed E-state index contributed by atoms with van der Waals surface area (Å²) in [6, 6.07) is 7.45. The Labute approximate surface area is 120 Å². The highest BCUT2D eigenvalue weighted by atomic mass is 16.5. The minimum atomic E-state index is -0.226. The Morgan fingerprint density at radius 3 is 2.35 bits per heavy atom. The van der Waals surface area contributed by atoms with E-state index < -0.39 is 0 Å². The third-order valence-corrected chi connectivity index (χ3v) is 2.69. The van der Waals surface area contributed by atoms with Gasteiger partial charge < -0.3 is 21.1 Å². The van der Waals surface area contributed by atoms with Crippen LogP contribution in [0.15, 0.2) is 24.3 Å². The molecule has 0 radical (unpaired) electrons. The summed E-state index contributed by atoms with van der Waals surface area (Å²) in [7, 11) is 1.63. The number of hydrogen-bond donors (Lipinski definition) is 3. The van der Waals surface area contributed by atoms with Gasteiger partial charge in [0.05, 0.1) is 7.11 Å². The van der Waals surface area contributed by atoms with E-state index in [4.69, 9.17) is 10.5 Å². The molecule has 0 aromatic heterocycles. The minimum Gasteiger partial charge on any atom is -0.497 e. The Balaban J connectivity index is 2.55. The van der Waals surface area contributed by atoms with Crippen LogP contribution in [0, 0.1) is 0 Å². The van der Waals surface area contributed by atoms with Gasteiger partial charge in [-0.3, -0.25) is 4.79 Å². The molecule has 5 nitrogen and oxygen atoms in total. The summed E-state index contributed by atoms with van der Waals surface area (Å²) < 4.78 is 5.10. The van der Waals surface area contributed by atoms with Gasteiger partial charge >= 0.3 is 0 Å². The summed E-state index contributed by atoms with van der Waals surface area (Å²) in [6.07, 6.45) is 0.347.